The van der Waals surface area contributed by atoms with Crippen LogP contribution < -0.4 is 0 Å². The molecule has 2 aromatic rings. The van der Waals surface area contributed by atoms with E-state index in [9.17, 15) is 9.59 Å². The second-order valence-electron chi connectivity index (χ2n) is 7.43. The molecule has 1 fully saturated rings. The van der Waals surface area contributed by atoms with E-state index >= 15 is 0 Å². The number of cyclic esters (lactones) is 1. The van der Waals surface area contributed by atoms with Crippen molar-refractivity contribution in [3.8, 4) is 11.1 Å². The maximum Gasteiger partial charge on any atom is 0.412 e. The molecule has 2 aliphatic rings. The zero-order valence-electron chi connectivity index (χ0n) is 15.6. The molecule has 1 aliphatic heterocycles. The molecule has 27 heavy (non-hydrogen) atoms. The molecule has 0 radical (unpaired) electrons. The van der Waals surface area contributed by atoms with Gasteiger partial charge in [-0.15, -0.1) is 0 Å². The van der Waals surface area contributed by atoms with Gasteiger partial charge in [0.25, 0.3) is 0 Å². The van der Waals surface area contributed by atoms with Crippen LogP contribution in [0.2, 0.25) is 0 Å². The monoisotopic (exact) mass is 365 g/mol. The molecule has 140 valence electrons. The number of esters is 1. The van der Waals surface area contributed by atoms with E-state index in [4.69, 9.17) is 9.47 Å². The highest BCUT2D eigenvalue weighted by molar-refractivity contribution is 5.79. The Labute approximate surface area is 158 Å². The van der Waals surface area contributed by atoms with E-state index in [1.54, 1.807) is 0 Å². The van der Waals surface area contributed by atoms with Gasteiger partial charge in [0.2, 0.25) is 0 Å². The van der Waals surface area contributed by atoms with Crippen LogP contribution in [0, 0.1) is 5.92 Å². The van der Waals surface area contributed by atoms with Crippen LogP contribution in [0.15, 0.2) is 48.5 Å². The lowest BCUT2D eigenvalue weighted by Crippen LogP contribution is -2.50. The molecular weight excluding hydrogens is 342 g/mol. The van der Waals surface area contributed by atoms with Crippen LogP contribution in [0.4, 0.5) is 4.79 Å². The molecule has 0 spiro atoms. The van der Waals surface area contributed by atoms with Gasteiger partial charge < -0.3 is 9.47 Å². The van der Waals surface area contributed by atoms with Gasteiger partial charge in [0, 0.05) is 5.92 Å². The van der Waals surface area contributed by atoms with Crippen LogP contribution in [0.25, 0.3) is 11.1 Å². The van der Waals surface area contributed by atoms with Crippen LogP contribution in [-0.4, -0.2) is 36.3 Å². The summed E-state index contributed by atoms with van der Waals surface area (Å²) in [6, 6.07) is 16.3. The second-order valence-corrected chi connectivity index (χ2v) is 7.43. The number of hydrogen-bond donors (Lipinski definition) is 0. The van der Waals surface area contributed by atoms with Crippen molar-refractivity contribution in [1.29, 1.82) is 0 Å². The first-order valence-electron chi connectivity index (χ1n) is 9.33. The summed E-state index contributed by atoms with van der Waals surface area (Å²) >= 11 is 0. The van der Waals surface area contributed by atoms with Gasteiger partial charge in [0.15, 0.2) is 6.73 Å². The lowest BCUT2D eigenvalue weighted by molar-refractivity contribution is -0.159. The van der Waals surface area contributed by atoms with Gasteiger partial charge in [0.05, 0.1) is 12.5 Å². The van der Waals surface area contributed by atoms with E-state index in [0.717, 1.165) is 0 Å². The first kappa shape index (κ1) is 17.6. The zero-order valence-corrected chi connectivity index (χ0v) is 15.6. The Morgan fingerprint density at radius 1 is 1.11 bits per heavy atom. The molecule has 1 heterocycles. The minimum Gasteiger partial charge on any atom is -0.448 e. The Morgan fingerprint density at radius 3 is 2.30 bits per heavy atom. The summed E-state index contributed by atoms with van der Waals surface area (Å²) in [7, 11) is 0. The Morgan fingerprint density at radius 2 is 1.70 bits per heavy atom. The smallest absolute Gasteiger partial charge is 0.412 e. The fourth-order valence-electron chi connectivity index (χ4n) is 4.04. The van der Waals surface area contributed by atoms with E-state index in [2.05, 4.69) is 24.3 Å². The minimum absolute atomic E-state index is 0.0196. The van der Waals surface area contributed by atoms with Crippen LogP contribution >= 0.6 is 0 Å². The number of rotatable bonds is 3. The van der Waals surface area contributed by atoms with Gasteiger partial charge in [-0.1, -0.05) is 62.4 Å². The molecular formula is C22H23NO4. The molecule has 2 aromatic carbocycles. The largest absolute Gasteiger partial charge is 0.448 e. The summed E-state index contributed by atoms with van der Waals surface area (Å²) in [5.41, 5.74) is 4.75. The summed E-state index contributed by atoms with van der Waals surface area (Å²) in [4.78, 5) is 25.8. The van der Waals surface area contributed by atoms with E-state index in [0.29, 0.717) is 0 Å². The van der Waals surface area contributed by atoms with Crippen molar-refractivity contribution in [2.75, 3.05) is 13.3 Å². The maximum absolute atomic E-state index is 12.7. The molecule has 1 aliphatic carbocycles. The third-order valence-corrected chi connectivity index (χ3v) is 5.48. The van der Waals surface area contributed by atoms with E-state index < -0.39 is 6.09 Å². The highest BCUT2D eigenvalue weighted by Gasteiger charge is 2.36. The number of benzene rings is 2. The molecule has 1 saturated heterocycles. The molecule has 4 rings (SSSR count). The van der Waals surface area contributed by atoms with E-state index in [1.807, 2.05) is 38.1 Å². The fourth-order valence-corrected chi connectivity index (χ4v) is 4.04. The number of amides is 1. The number of ether oxygens (including phenoxy) is 2. The predicted octanol–water partition coefficient (Wildman–Crippen LogP) is 4.17. The van der Waals surface area contributed by atoms with E-state index in [1.165, 1.54) is 27.2 Å². The zero-order chi connectivity index (χ0) is 19.0. The Balaban J connectivity index is 1.52. The van der Waals surface area contributed by atoms with Gasteiger partial charge in [-0.25, -0.2) is 4.79 Å². The maximum atomic E-state index is 12.7. The van der Waals surface area contributed by atoms with Crippen molar-refractivity contribution in [1.82, 2.24) is 4.90 Å². The van der Waals surface area contributed by atoms with Gasteiger partial charge in [-0.2, -0.15) is 0 Å². The molecule has 5 heteroatoms. The fraction of sp³-hybridized carbons (Fsp3) is 0.364. The average Bonchev–Trinajstić information content (AvgIpc) is 3.00. The Kier molecular flexibility index (Phi) is 4.60. The molecule has 5 nitrogen and oxygen atoms in total. The first-order valence-corrected chi connectivity index (χ1v) is 9.33. The molecule has 0 bridgehead atoms. The standard InChI is InChI=1S/C22H23NO4/c1-14(2)20-11-21(24)27-13-23(20)22(25)26-12-19-17-9-5-3-7-15(17)16-8-4-6-10-18(16)19/h3-10,14,19-20H,11-13H2,1-2H3/t20-/m1/s1. The van der Waals surface area contributed by atoms with Crippen molar-refractivity contribution in [2.45, 2.75) is 32.2 Å². The van der Waals surface area contributed by atoms with Crippen LogP contribution in [0.3, 0.4) is 0 Å². The molecule has 1 atom stereocenters. The summed E-state index contributed by atoms with van der Waals surface area (Å²) in [5, 5.41) is 0. The van der Waals surface area contributed by atoms with Gasteiger partial charge in [0.1, 0.15) is 6.61 Å². The quantitative estimate of drug-likeness (QED) is 0.766. The molecule has 0 unspecified atom stereocenters. The van der Waals surface area contributed by atoms with Crippen molar-refractivity contribution in [3.63, 3.8) is 0 Å². The Bertz CT molecular complexity index is 831. The van der Waals surface area contributed by atoms with Gasteiger partial charge in [-0.3, -0.25) is 9.69 Å². The number of fused-ring (bicyclic) bond motifs is 3. The summed E-state index contributed by atoms with van der Waals surface area (Å²) in [5.74, 6) is -0.0964. The summed E-state index contributed by atoms with van der Waals surface area (Å²) in [6.07, 6.45) is -0.218. The average molecular weight is 365 g/mol. The highest BCUT2D eigenvalue weighted by Crippen LogP contribution is 2.44. The lowest BCUT2D eigenvalue weighted by Gasteiger charge is -2.36. The lowest BCUT2D eigenvalue weighted by atomic mass is 9.98. The number of carbonyl (C=O) groups excluding carboxylic acids is 2. The predicted molar refractivity (Wildman–Crippen MR) is 101 cm³/mol. The van der Waals surface area contributed by atoms with Crippen molar-refractivity contribution < 1.29 is 19.1 Å². The highest BCUT2D eigenvalue weighted by atomic mass is 16.6. The SMILES string of the molecule is CC(C)[C@H]1CC(=O)OCN1C(=O)OCC1c2ccccc2-c2ccccc21. The van der Waals surface area contributed by atoms with E-state index in [-0.39, 0.29) is 43.6 Å². The molecule has 0 N–H and O–H groups in total. The van der Waals surface area contributed by atoms with Crippen LogP contribution in [0.1, 0.15) is 37.3 Å². The molecule has 0 aromatic heterocycles. The van der Waals surface area contributed by atoms with Crippen LogP contribution in [-0.2, 0) is 14.3 Å². The second kappa shape index (κ2) is 7.06. The normalized spacial score (nSPS) is 18.9. The third-order valence-electron chi connectivity index (χ3n) is 5.48. The number of carbonyl (C=O) groups is 2. The van der Waals surface area contributed by atoms with Gasteiger partial charge >= 0.3 is 12.1 Å². The van der Waals surface area contributed by atoms with Crippen LogP contribution in [0.5, 0.6) is 0 Å². The topological polar surface area (TPSA) is 55.8 Å². The molecule has 1 amide bonds. The molecule has 0 saturated carbocycles. The van der Waals surface area contributed by atoms with Crippen molar-refractivity contribution in [3.05, 3.63) is 59.7 Å². The Hall–Kier alpha value is -2.82. The summed E-state index contributed by atoms with van der Waals surface area (Å²) in [6.45, 7) is 4.21. The van der Waals surface area contributed by atoms with Gasteiger partial charge in [-0.05, 0) is 28.2 Å². The van der Waals surface area contributed by atoms with Crippen molar-refractivity contribution >= 4 is 12.1 Å². The first-order chi connectivity index (χ1) is 13.1. The van der Waals surface area contributed by atoms with Crippen molar-refractivity contribution in [2.24, 2.45) is 5.92 Å². The minimum atomic E-state index is -0.428. The number of nitrogens with zero attached hydrogens (tertiary/aromatic N) is 1. The third kappa shape index (κ3) is 3.18. The number of hydrogen-bond acceptors (Lipinski definition) is 4. The summed E-state index contributed by atoms with van der Waals surface area (Å²) < 4.78 is 10.8.